The predicted octanol–water partition coefficient (Wildman–Crippen LogP) is 2.70. The lowest BCUT2D eigenvalue weighted by Gasteiger charge is -2.15. The molecule has 5 heteroatoms. The van der Waals surface area contributed by atoms with Gasteiger partial charge < -0.3 is 15.8 Å². The average Bonchev–Trinajstić information content (AvgIpc) is 2.90. The van der Waals surface area contributed by atoms with E-state index in [4.69, 9.17) is 10.5 Å². The van der Waals surface area contributed by atoms with Gasteiger partial charge in [-0.3, -0.25) is 4.79 Å². The highest BCUT2D eigenvalue weighted by molar-refractivity contribution is 7.09. The van der Waals surface area contributed by atoms with Gasteiger partial charge in [-0.2, -0.15) is 0 Å². The molecule has 1 unspecified atom stereocenters. The van der Waals surface area contributed by atoms with Gasteiger partial charge in [0.15, 0.2) is 0 Å². The molecule has 1 atom stereocenters. The van der Waals surface area contributed by atoms with Gasteiger partial charge in [-0.1, -0.05) is 6.07 Å². The summed E-state index contributed by atoms with van der Waals surface area (Å²) in [4.78, 5) is 13.5. The molecule has 3 N–H and O–H groups in total. The highest BCUT2D eigenvalue weighted by Gasteiger charge is 2.15. The fourth-order valence-corrected chi connectivity index (χ4v) is 2.81. The molecule has 1 amide bonds. The highest BCUT2D eigenvalue weighted by Crippen LogP contribution is 2.21. The molecular formula is C15H18N2O2S. The number of carbonyl (C=O) groups is 1. The van der Waals surface area contributed by atoms with Crippen molar-refractivity contribution in [1.29, 1.82) is 0 Å². The summed E-state index contributed by atoms with van der Waals surface area (Å²) in [5.74, 6) is 0.344. The topological polar surface area (TPSA) is 64.3 Å². The van der Waals surface area contributed by atoms with Crippen LogP contribution < -0.4 is 15.8 Å². The highest BCUT2D eigenvalue weighted by atomic mass is 32.1. The fraction of sp³-hybridized carbons (Fsp3) is 0.267. The minimum absolute atomic E-state index is 0.0587. The minimum atomic E-state index is -0.147. The minimum Gasteiger partial charge on any atom is -0.496 e. The maximum Gasteiger partial charge on any atom is 0.255 e. The third-order valence-electron chi connectivity index (χ3n) is 2.94. The molecule has 4 nitrogen and oxygen atoms in total. The Bertz CT molecular complexity index is 582. The first-order valence-electron chi connectivity index (χ1n) is 6.37. The summed E-state index contributed by atoms with van der Waals surface area (Å²) in [6.07, 6.45) is 0.820. The zero-order valence-electron chi connectivity index (χ0n) is 11.6. The lowest BCUT2D eigenvalue weighted by atomic mass is 10.1. The molecule has 2 rings (SSSR count). The van der Waals surface area contributed by atoms with Crippen LogP contribution in [0.15, 0.2) is 35.7 Å². The van der Waals surface area contributed by atoms with Crippen molar-refractivity contribution in [3.8, 4) is 5.75 Å². The van der Waals surface area contributed by atoms with Crippen molar-refractivity contribution in [2.45, 2.75) is 19.4 Å². The molecule has 0 aliphatic rings. The summed E-state index contributed by atoms with van der Waals surface area (Å²) in [6, 6.07) is 9.17. The molecule has 0 aliphatic carbocycles. The molecular weight excluding hydrogens is 272 g/mol. The molecule has 0 spiro atoms. The van der Waals surface area contributed by atoms with Crippen LogP contribution in [0.4, 0.5) is 5.69 Å². The Balaban J connectivity index is 2.04. The van der Waals surface area contributed by atoms with E-state index in [1.165, 1.54) is 12.0 Å². The molecule has 1 aromatic carbocycles. The molecule has 2 aromatic rings. The van der Waals surface area contributed by atoms with Gasteiger partial charge in [-0.05, 0) is 30.5 Å². The molecule has 106 valence electrons. The predicted molar refractivity (Wildman–Crippen MR) is 82.4 cm³/mol. The van der Waals surface area contributed by atoms with E-state index < -0.39 is 0 Å². The third-order valence-corrected chi connectivity index (χ3v) is 3.83. The zero-order chi connectivity index (χ0) is 14.5. The number of nitrogen functional groups attached to an aromatic ring is 1. The fourth-order valence-electron chi connectivity index (χ4n) is 1.98. The van der Waals surface area contributed by atoms with E-state index in [-0.39, 0.29) is 11.9 Å². The number of nitrogens with one attached hydrogen (secondary N) is 1. The Kier molecular flexibility index (Phi) is 4.63. The third kappa shape index (κ3) is 3.51. The zero-order valence-corrected chi connectivity index (χ0v) is 12.4. The molecule has 0 bridgehead atoms. The smallest absolute Gasteiger partial charge is 0.255 e. The number of benzene rings is 1. The number of thiophene rings is 1. The Morgan fingerprint density at radius 3 is 2.90 bits per heavy atom. The first-order chi connectivity index (χ1) is 9.60. The molecule has 1 heterocycles. The lowest BCUT2D eigenvalue weighted by molar-refractivity contribution is 0.0937. The summed E-state index contributed by atoms with van der Waals surface area (Å²) in [6.45, 7) is 1.99. The van der Waals surface area contributed by atoms with Crippen LogP contribution in [-0.2, 0) is 6.42 Å². The van der Waals surface area contributed by atoms with Gasteiger partial charge in [0, 0.05) is 29.1 Å². The molecule has 0 saturated heterocycles. The first-order valence-corrected chi connectivity index (χ1v) is 7.25. The van der Waals surface area contributed by atoms with Crippen molar-refractivity contribution in [2.75, 3.05) is 12.8 Å². The van der Waals surface area contributed by atoms with Crippen molar-refractivity contribution in [2.24, 2.45) is 0 Å². The van der Waals surface area contributed by atoms with Crippen molar-refractivity contribution in [1.82, 2.24) is 5.32 Å². The summed E-state index contributed by atoms with van der Waals surface area (Å²) in [5, 5.41) is 5.01. The van der Waals surface area contributed by atoms with E-state index in [1.807, 2.05) is 18.4 Å². The van der Waals surface area contributed by atoms with Gasteiger partial charge in [-0.25, -0.2) is 0 Å². The van der Waals surface area contributed by atoms with E-state index in [0.29, 0.717) is 17.0 Å². The van der Waals surface area contributed by atoms with E-state index >= 15 is 0 Å². The van der Waals surface area contributed by atoms with Crippen LogP contribution in [0.5, 0.6) is 5.75 Å². The van der Waals surface area contributed by atoms with Gasteiger partial charge >= 0.3 is 0 Å². The number of nitrogens with two attached hydrogens (primary N) is 1. The lowest BCUT2D eigenvalue weighted by Crippen LogP contribution is -2.34. The molecule has 0 fully saturated rings. The van der Waals surface area contributed by atoms with Gasteiger partial charge in [0.2, 0.25) is 0 Å². The molecule has 0 saturated carbocycles. The Hall–Kier alpha value is -2.01. The second kappa shape index (κ2) is 6.43. The monoisotopic (exact) mass is 290 g/mol. The number of rotatable bonds is 5. The Labute approximate surface area is 122 Å². The SMILES string of the molecule is COc1cc(N)ccc1C(=O)NC(C)Cc1cccs1. The number of methoxy groups -OCH3 is 1. The van der Waals surface area contributed by atoms with Crippen molar-refractivity contribution in [3.63, 3.8) is 0 Å². The number of ether oxygens (including phenoxy) is 1. The second-order valence-corrected chi connectivity index (χ2v) is 5.65. The largest absolute Gasteiger partial charge is 0.496 e. The number of hydrogen-bond donors (Lipinski definition) is 2. The second-order valence-electron chi connectivity index (χ2n) is 4.62. The van der Waals surface area contributed by atoms with Crippen molar-refractivity contribution >= 4 is 22.9 Å². The van der Waals surface area contributed by atoms with Crippen LogP contribution in [0, 0.1) is 0 Å². The molecule has 0 radical (unpaired) electrons. The Morgan fingerprint density at radius 1 is 1.45 bits per heavy atom. The van der Waals surface area contributed by atoms with Crippen LogP contribution in [0.1, 0.15) is 22.2 Å². The maximum absolute atomic E-state index is 12.2. The van der Waals surface area contributed by atoms with Crippen LogP contribution in [0.2, 0.25) is 0 Å². The average molecular weight is 290 g/mol. The van der Waals surface area contributed by atoms with E-state index in [0.717, 1.165) is 6.42 Å². The van der Waals surface area contributed by atoms with Crippen molar-refractivity contribution in [3.05, 3.63) is 46.2 Å². The van der Waals surface area contributed by atoms with Gasteiger partial charge in [0.05, 0.1) is 12.7 Å². The number of anilines is 1. The van der Waals surface area contributed by atoms with Crippen LogP contribution >= 0.6 is 11.3 Å². The first kappa shape index (κ1) is 14.4. The van der Waals surface area contributed by atoms with Crippen LogP contribution in [-0.4, -0.2) is 19.1 Å². The number of amides is 1. The normalized spacial score (nSPS) is 11.9. The number of hydrogen-bond acceptors (Lipinski definition) is 4. The molecule has 1 aromatic heterocycles. The maximum atomic E-state index is 12.2. The van der Waals surface area contributed by atoms with Gasteiger partial charge in [0.1, 0.15) is 5.75 Å². The summed E-state index contributed by atoms with van der Waals surface area (Å²) >= 11 is 1.69. The summed E-state index contributed by atoms with van der Waals surface area (Å²) < 4.78 is 5.20. The Morgan fingerprint density at radius 2 is 2.25 bits per heavy atom. The summed E-state index contributed by atoms with van der Waals surface area (Å²) in [7, 11) is 1.53. The van der Waals surface area contributed by atoms with Crippen LogP contribution in [0.3, 0.4) is 0 Å². The van der Waals surface area contributed by atoms with Crippen molar-refractivity contribution < 1.29 is 9.53 Å². The molecule has 20 heavy (non-hydrogen) atoms. The van der Waals surface area contributed by atoms with Crippen LogP contribution in [0.25, 0.3) is 0 Å². The standard InChI is InChI=1S/C15H18N2O2S/c1-10(8-12-4-3-7-20-12)17-15(18)13-6-5-11(16)9-14(13)19-2/h3-7,9-10H,8,16H2,1-2H3,(H,17,18). The molecule has 0 aliphatic heterocycles. The van der Waals surface area contributed by atoms with E-state index in [2.05, 4.69) is 11.4 Å². The number of carbonyl (C=O) groups excluding carboxylic acids is 1. The van der Waals surface area contributed by atoms with Gasteiger partial charge in [0.25, 0.3) is 5.91 Å². The van der Waals surface area contributed by atoms with E-state index in [1.54, 1.807) is 29.5 Å². The quantitative estimate of drug-likeness (QED) is 0.832. The summed E-state index contributed by atoms with van der Waals surface area (Å²) in [5.41, 5.74) is 6.76. The van der Waals surface area contributed by atoms with Gasteiger partial charge in [-0.15, -0.1) is 11.3 Å². The van der Waals surface area contributed by atoms with E-state index in [9.17, 15) is 4.79 Å².